The number of aliphatic hydroxyl groups is 1. The summed E-state index contributed by atoms with van der Waals surface area (Å²) in [5.74, 6) is 0.854. The Kier molecular flexibility index (Phi) is 5.18. The molecular formula is C14H21N3O2. The monoisotopic (exact) mass is 263 g/mol. The van der Waals surface area contributed by atoms with Crippen LogP contribution < -0.4 is 10.2 Å². The number of anilines is 2. The third-order valence-corrected chi connectivity index (χ3v) is 3.10. The van der Waals surface area contributed by atoms with E-state index in [4.69, 9.17) is 9.84 Å². The van der Waals surface area contributed by atoms with Crippen LogP contribution in [0.1, 0.15) is 6.42 Å². The first-order valence-corrected chi connectivity index (χ1v) is 6.57. The van der Waals surface area contributed by atoms with Crippen LogP contribution in [0.25, 0.3) is 0 Å². The van der Waals surface area contributed by atoms with Crippen LogP contribution in [0.3, 0.4) is 0 Å². The quantitative estimate of drug-likeness (QED) is 0.757. The van der Waals surface area contributed by atoms with Gasteiger partial charge in [0.2, 0.25) is 0 Å². The molecule has 0 aliphatic carbocycles. The van der Waals surface area contributed by atoms with Crippen molar-refractivity contribution in [2.24, 2.45) is 0 Å². The van der Waals surface area contributed by atoms with E-state index in [0.29, 0.717) is 13.2 Å². The molecule has 5 nitrogen and oxygen atoms in total. The maximum Gasteiger partial charge on any atom is 0.126 e. The summed E-state index contributed by atoms with van der Waals surface area (Å²) in [5, 5.41) is 12.2. The van der Waals surface area contributed by atoms with Gasteiger partial charge >= 0.3 is 0 Å². The molecule has 0 amide bonds. The lowest BCUT2D eigenvalue weighted by Gasteiger charge is -2.18. The van der Waals surface area contributed by atoms with E-state index in [9.17, 15) is 0 Å². The fourth-order valence-corrected chi connectivity index (χ4v) is 1.93. The topological polar surface area (TPSA) is 57.6 Å². The maximum atomic E-state index is 8.89. The number of hydrogen-bond acceptors (Lipinski definition) is 5. The van der Waals surface area contributed by atoms with E-state index < -0.39 is 0 Å². The molecule has 2 rings (SSSR count). The second-order valence-corrected chi connectivity index (χ2v) is 4.60. The zero-order chi connectivity index (χ0) is 13.5. The van der Waals surface area contributed by atoms with Crippen LogP contribution in [0.2, 0.25) is 0 Å². The molecule has 0 radical (unpaired) electrons. The smallest absolute Gasteiger partial charge is 0.126 e. The predicted molar refractivity (Wildman–Crippen MR) is 76.6 cm³/mol. The lowest BCUT2D eigenvalue weighted by atomic mass is 10.2. The number of ether oxygens (including phenoxy) is 1. The SMILES string of the molecule is CN(CCO)c1ccc(NCC2=CCCOC2)nc1. The molecule has 1 aliphatic heterocycles. The first kappa shape index (κ1) is 13.8. The normalized spacial score (nSPS) is 14.9. The van der Waals surface area contributed by atoms with E-state index in [0.717, 1.165) is 31.1 Å². The Labute approximate surface area is 113 Å². The molecular weight excluding hydrogens is 242 g/mol. The summed E-state index contributed by atoms with van der Waals surface area (Å²) in [7, 11) is 1.94. The van der Waals surface area contributed by atoms with Gasteiger partial charge in [0, 0.05) is 20.1 Å². The van der Waals surface area contributed by atoms with Crippen molar-refractivity contribution in [3.05, 3.63) is 30.0 Å². The van der Waals surface area contributed by atoms with Crippen LogP contribution in [-0.4, -0.2) is 50.0 Å². The highest BCUT2D eigenvalue weighted by Gasteiger charge is 2.04. The zero-order valence-electron chi connectivity index (χ0n) is 11.3. The van der Waals surface area contributed by atoms with Crippen molar-refractivity contribution in [2.45, 2.75) is 6.42 Å². The lowest BCUT2D eigenvalue weighted by molar-refractivity contribution is 0.150. The minimum Gasteiger partial charge on any atom is -0.395 e. The zero-order valence-corrected chi connectivity index (χ0v) is 11.3. The third kappa shape index (κ3) is 4.22. The molecule has 1 aromatic heterocycles. The Morgan fingerprint density at radius 3 is 3.00 bits per heavy atom. The summed E-state index contributed by atoms with van der Waals surface area (Å²) < 4.78 is 5.39. The van der Waals surface area contributed by atoms with Gasteiger partial charge in [0.05, 0.1) is 31.7 Å². The van der Waals surface area contributed by atoms with Crippen LogP contribution in [-0.2, 0) is 4.74 Å². The number of hydrogen-bond donors (Lipinski definition) is 2. The lowest BCUT2D eigenvalue weighted by Crippen LogP contribution is -2.21. The van der Waals surface area contributed by atoms with Gasteiger partial charge in [-0.05, 0) is 24.1 Å². The minimum atomic E-state index is 0.144. The van der Waals surface area contributed by atoms with E-state index >= 15 is 0 Å². The third-order valence-electron chi connectivity index (χ3n) is 3.10. The first-order chi connectivity index (χ1) is 9.29. The molecule has 1 aliphatic rings. The standard InChI is InChI=1S/C14H21N3O2/c1-17(6-7-18)13-4-5-14(16-10-13)15-9-12-3-2-8-19-11-12/h3-5,10,18H,2,6-9,11H2,1H3,(H,15,16). The molecule has 104 valence electrons. The van der Waals surface area contributed by atoms with E-state index in [-0.39, 0.29) is 6.61 Å². The summed E-state index contributed by atoms with van der Waals surface area (Å²) in [6.45, 7) is 3.07. The molecule has 19 heavy (non-hydrogen) atoms. The van der Waals surface area contributed by atoms with Gasteiger partial charge in [0.1, 0.15) is 5.82 Å². The van der Waals surface area contributed by atoms with E-state index in [2.05, 4.69) is 16.4 Å². The molecule has 0 aromatic carbocycles. The van der Waals surface area contributed by atoms with Gasteiger partial charge in [-0.3, -0.25) is 0 Å². The fourth-order valence-electron chi connectivity index (χ4n) is 1.93. The Morgan fingerprint density at radius 1 is 1.47 bits per heavy atom. The average Bonchev–Trinajstić information content (AvgIpc) is 2.47. The fraction of sp³-hybridized carbons (Fsp3) is 0.500. The van der Waals surface area contributed by atoms with Crippen molar-refractivity contribution in [3.63, 3.8) is 0 Å². The molecule has 0 saturated carbocycles. The van der Waals surface area contributed by atoms with Crippen molar-refractivity contribution in [1.29, 1.82) is 0 Å². The maximum absolute atomic E-state index is 8.89. The number of likely N-dealkylation sites (N-methyl/N-ethyl adjacent to an activating group) is 1. The largest absolute Gasteiger partial charge is 0.395 e. The van der Waals surface area contributed by atoms with Gasteiger partial charge in [-0.1, -0.05) is 6.08 Å². The second-order valence-electron chi connectivity index (χ2n) is 4.60. The number of nitrogens with zero attached hydrogens (tertiary/aromatic N) is 2. The Bertz CT molecular complexity index is 417. The van der Waals surface area contributed by atoms with Crippen molar-refractivity contribution in [1.82, 2.24) is 4.98 Å². The second kappa shape index (κ2) is 7.11. The summed E-state index contributed by atoms with van der Waals surface area (Å²) in [6, 6.07) is 3.95. The first-order valence-electron chi connectivity index (χ1n) is 6.57. The number of rotatable bonds is 6. The molecule has 2 N–H and O–H groups in total. The Balaban J connectivity index is 1.86. The van der Waals surface area contributed by atoms with Crippen LogP contribution in [0.15, 0.2) is 30.0 Å². The summed E-state index contributed by atoms with van der Waals surface area (Å²) in [4.78, 5) is 6.33. The molecule has 0 atom stereocenters. The highest BCUT2D eigenvalue weighted by molar-refractivity contribution is 5.49. The van der Waals surface area contributed by atoms with Gasteiger partial charge in [0.25, 0.3) is 0 Å². The molecule has 2 heterocycles. The van der Waals surface area contributed by atoms with Crippen LogP contribution in [0, 0.1) is 0 Å². The molecule has 5 heteroatoms. The van der Waals surface area contributed by atoms with Crippen molar-refractivity contribution >= 4 is 11.5 Å². The number of aliphatic hydroxyl groups excluding tert-OH is 1. The molecule has 0 fully saturated rings. The number of nitrogens with one attached hydrogen (secondary N) is 1. The van der Waals surface area contributed by atoms with Crippen molar-refractivity contribution in [3.8, 4) is 0 Å². The molecule has 1 aromatic rings. The Hall–Kier alpha value is -1.59. The predicted octanol–water partition coefficient (Wildman–Crippen LogP) is 1.27. The Morgan fingerprint density at radius 2 is 2.37 bits per heavy atom. The van der Waals surface area contributed by atoms with Crippen LogP contribution in [0.5, 0.6) is 0 Å². The van der Waals surface area contributed by atoms with Gasteiger partial charge in [-0.15, -0.1) is 0 Å². The summed E-state index contributed by atoms with van der Waals surface area (Å²) >= 11 is 0. The summed E-state index contributed by atoms with van der Waals surface area (Å²) in [5.41, 5.74) is 2.27. The number of pyridine rings is 1. The van der Waals surface area contributed by atoms with Gasteiger partial charge in [-0.2, -0.15) is 0 Å². The highest BCUT2D eigenvalue weighted by Crippen LogP contribution is 2.14. The number of aromatic nitrogens is 1. The minimum absolute atomic E-state index is 0.144. The van der Waals surface area contributed by atoms with Gasteiger partial charge in [-0.25, -0.2) is 4.98 Å². The highest BCUT2D eigenvalue weighted by atomic mass is 16.5. The van der Waals surface area contributed by atoms with E-state index in [1.807, 2.05) is 30.3 Å². The van der Waals surface area contributed by atoms with E-state index in [1.54, 1.807) is 0 Å². The van der Waals surface area contributed by atoms with Crippen LogP contribution >= 0.6 is 0 Å². The van der Waals surface area contributed by atoms with Gasteiger partial charge in [0.15, 0.2) is 0 Å². The van der Waals surface area contributed by atoms with Crippen LogP contribution in [0.4, 0.5) is 11.5 Å². The summed E-state index contributed by atoms with van der Waals surface area (Å²) in [6.07, 6.45) is 5.03. The average molecular weight is 263 g/mol. The van der Waals surface area contributed by atoms with E-state index in [1.165, 1.54) is 5.57 Å². The van der Waals surface area contributed by atoms with Crippen molar-refractivity contribution in [2.75, 3.05) is 50.2 Å². The molecule has 0 saturated heterocycles. The molecule has 0 spiro atoms. The van der Waals surface area contributed by atoms with Crippen molar-refractivity contribution < 1.29 is 9.84 Å². The molecule has 0 bridgehead atoms. The van der Waals surface area contributed by atoms with Gasteiger partial charge < -0.3 is 20.1 Å². The molecule has 0 unspecified atom stereocenters.